The number of H-pyrrole nitrogens is 1. The highest BCUT2D eigenvalue weighted by Crippen LogP contribution is 2.24. The maximum Gasteiger partial charge on any atom is 0.410 e. The molecule has 0 spiro atoms. The molecule has 0 radical (unpaired) electrons. The molecule has 0 aliphatic carbocycles. The second-order valence-corrected chi connectivity index (χ2v) is 9.59. The van der Waals surface area contributed by atoms with E-state index in [9.17, 15) is 14.4 Å². The first-order chi connectivity index (χ1) is 13.8. The summed E-state index contributed by atoms with van der Waals surface area (Å²) < 4.78 is 5.44. The van der Waals surface area contributed by atoms with Crippen LogP contribution in [0.1, 0.15) is 79.6 Å². The quantitative estimate of drug-likeness (QED) is 0.705. The third-order valence-corrected chi connectivity index (χ3v) is 5.75. The summed E-state index contributed by atoms with van der Waals surface area (Å²) in [6.45, 7) is 14.9. The SMILES string of the molecule is CC(=O)c1c(C)[nH]c(C(=O)C(C)N2CCCC(CN(C)C(=O)OC(C)(C)C)C2)c1C. The van der Waals surface area contributed by atoms with Crippen LogP contribution in [-0.4, -0.2) is 70.8 Å². The third kappa shape index (κ3) is 5.72. The van der Waals surface area contributed by atoms with Gasteiger partial charge < -0.3 is 14.6 Å². The van der Waals surface area contributed by atoms with Crippen molar-refractivity contribution in [3.8, 4) is 0 Å². The Morgan fingerprint density at radius 3 is 2.43 bits per heavy atom. The van der Waals surface area contributed by atoms with Crippen molar-refractivity contribution >= 4 is 17.7 Å². The molecule has 0 aromatic carbocycles. The van der Waals surface area contributed by atoms with E-state index in [4.69, 9.17) is 4.74 Å². The van der Waals surface area contributed by atoms with Gasteiger partial charge in [-0.3, -0.25) is 14.5 Å². The molecule has 1 aromatic heterocycles. The smallest absolute Gasteiger partial charge is 0.410 e. The predicted molar refractivity (Wildman–Crippen MR) is 117 cm³/mol. The molecule has 1 saturated heterocycles. The zero-order valence-corrected chi connectivity index (χ0v) is 19.7. The van der Waals surface area contributed by atoms with Crippen LogP contribution in [0.4, 0.5) is 4.79 Å². The van der Waals surface area contributed by atoms with Gasteiger partial charge in [-0.25, -0.2) is 4.79 Å². The van der Waals surface area contributed by atoms with Gasteiger partial charge in [-0.15, -0.1) is 0 Å². The molecule has 0 saturated carbocycles. The lowest BCUT2D eigenvalue weighted by atomic mass is 9.94. The van der Waals surface area contributed by atoms with Gasteiger partial charge in [0.25, 0.3) is 0 Å². The molecule has 2 unspecified atom stereocenters. The molecule has 7 heteroatoms. The lowest BCUT2D eigenvalue weighted by Gasteiger charge is -2.37. The average Bonchev–Trinajstić information content (AvgIpc) is 2.93. The Labute approximate surface area is 180 Å². The van der Waals surface area contributed by atoms with E-state index in [0.717, 1.165) is 37.2 Å². The third-order valence-electron chi connectivity index (χ3n) is 5.75. The van der Waals surface area contributed by atoms with Crippen molar-refractivity contribution in [2.75, 3.05) is 26.7 Å². The monoisotopic (exact) mass is 419 g/mol. The van der Waals surface area contributed by atoms with Crippen LogP contribution in [0.2, 0.25) is 0 Å². The van der Waals surface area contributed by atoms with Crippen molar-refractivity contribution in [2.45, 2.75) is 73.0 Å². The minimum Gasteiger partial charge on any atom is -0.444 e. The molecular formula is C23H37N3O4. The molecule has 2 rings (SSSR count). The highest BCUT2D eigenvalue weighted by molar-refractivity contribution is 6.05. The van der Waals surface area contributed by atoms with Gasteiger partial charge in [0.2, 0.25) is 0 Å². The number of aryl methyl sites for hydroxylation is 1. The zero-order valence-electron chi connectivity index (χ0n) is 19.7. The largest absolute Gasteiger partial charge is 0.444 e. The van der Waals surface area contributed by atoms with Crippen molar-refractivity contribution in [1.82, 2.24) is 14.8 Å². The lowest BCUT2D eigenvalue weighted by Crippen LogP contribution is -2.48. The Balaban J connectivity index is 2.04. The van der Waals surface area contributed by atoms with Gasteiger partial charge in [-0.2, -0.15) is 0 Å². The van der Waals surface area contributed by atoms with Crippen molar-refractivity contribution < 1.29 is 19.1 Å². The topological polar surface area (TPSA) is 82.7 Å². The van der Waals surface area contributed by atoms with Crippen LogP contribution in [0.15, 0.2) is 0 Å². The number of nitrogens with zero attached hydrogens (tertiary/aromatic N) is 2. The van der Waals surface area contributed by atoms with Crippen LogP contribution in [-0.2, 0) is 4.74 Å². The molecule has 1 aromatic rings. The van der Waals surface area contributed by atoms with E-state index in [1.54, 1.807) is 11.9 Å². The fraction of sp³-hybridized carbons (Fsp3) is 0.696. The normalized spacial score (nSPS) is 18.7. The fourth-order valence-electron chi connectivity index (χ4n) is 4.30. The Morgan fingerprint density at radius 2 is 1.90 bits per heavy atom. The molecular weight excluding hydrogens is 382 g/mol. The Hall–Kier alpha value is -2.15. The molecule has 1 fully saturated rings. The number of likely N-dealkylation sites (tertiary alicyclic amines) is 1. The number of nitrogens with one attached hydrogen (secondary N) is 1. The number of hydrogen-bond acceptors (Lipinski definition) is 5. The molecule has 1 N–H and O–H groups in total. The van der Waals surface area contributed by atoms with Gasteiger partial charge in [0.15, 0.2) is 11.6 Å². The van der Waals surface area contributed by atoms with E-state index in [-0.39, 0.29) is 29.6 Å². The van der Waals surface area contributed by atoms with E-state index in [2.05, 4.69) is 9.88 Å². The first-order valence-electron chi connectivity index (χ1n) is 10.7. The number of amides is 1. The van der Waals surface area contributed by atoms with Crippen LogP contribution in [0, 0.1) is 19.8 Å². The predicted octanol–water partition coefficient (Wildman–Crippen LogP) is 3.98. The first-order valence-corrected chi connectivity index (χ1v) is 10.7. The standard InChI is InChI=1S/C23H37N3O4/c1-14-19(17(4)27)15(2)24-20(14)21(28)16(3)26-11-9-10-18(13-26)12-25(8)22(29)30-23(5,6)7/h16,18,24H,9-13H2,1-8H3. The number of Topliss-reactive ketones (excluding diaryl/α,β-unsaturated/α-hetero) is 2. The van der Waals surface area contributed by atoms with Crippen LogP contribution in [0.25, 0.3) is 0 Å². The van der Waals surface area contributed by atoms with E-state index in [0.29, 0.717) is 17.8 Å². The number of rotatable bonds is 6. The van der Waals surface area contributed by atoms with Gasteiger partial charge in [0.1, 0.15) is 5.60 Å². The average molecular weight is 420 g/mol. The van der Waals surface area contributed by atoms with Gasteiger partial charge in [0, 0.05) is 31.4 Å². The van der Waals surface area contributed by atoms with E-state index < -0.39 is 5.60 Å². The molecule has 1 amide bonds. The minimum atomic E-state index is -0.518. The molecule has 0 bridgehead atoms. The van der Waals surface area contributed by atoms with Crippen molar-refractivity contribution in [2.24, 2.45) is 5.92 Å². The van der Waals surface area contributed by atoms with E-state index in [1.807, 2.05) is 41.5 Å². The highest BCUT2D eigenvalue weighted by atomic mass is 16.6. The highest BCUT2D eigenvalue weighted by Gasteiger charge is 2.32. The van der Waals surface area contributed by atoms with Crippen LogP contribution in [0.5, 0.6) is 0 Å². The number of ketones is 2. The van der Waals surface area contributed by atoms with Crippen LogP contribution in [0.3, 0.4) is 0 Å². The molecule has 168 valence electrons. The summed E-state index contributed by atoms with van der Waals surface area (Å²) >= 11 is 0. The minimum absolute atomic E-state index is 0.00393. The van der Waals surface area contributed by atoms with Crippen molar-refractivity contribution in [3.63, 3.8) is 0 Å². The molecule has 2 heterocycles. The van der Waals surface area contributed by atoms with Crippen LogP contribution < -0.4 is 0 Å². The Kier molecular flexibility index (Phi) is 7.50. The Bertz CT molecular complexity index is 806. The molecule has 1 aliphatic heterocycles. The second kappa shape index (κ2) is 9.33. The summed E-state index contributed by atoms with van der Waals surface area (Å²) in [7, 11) is 1.76. The van der Waals surface area contributed by atoms with E-state index >= 15 is 0 Å². The fourth-order valence-corrected chi connectivity index (χ4v) is 4.30. The summed E-state index contributed by atoms with van der Waals surface area (Å²) in [5, 5.41) is 0. The first kappa shape index (κ1) is 24.1. The zero-order chi connectivity index (χ0) is 22.8. The van der Waals surface area contributed by atoms with E-state index in [1.165, 1.54) is 6.92 Å². The molecule has 1 aliphatic rings. The molecule has 30 heavy (non-hydrogen) atoms. The van der Waals surface area contributed by atoms with Crippen molar-refractivity contribution in [1.29, 1.82) is 0 Å². The summed E-state index contributed by atoms with van der Waals surface area (Å²) in [5.41, 5.74) is 2.09. The number of piperidine rings is 1. The van der Waals surface area contributed by atoms with Gasteiger partial charge in [0.05, 0.1) is 11.7 Å². The second-order valence-electron chi connectivity index (χ2n) is 9.59. The maximum absolute atomic E-state index is 13.2. The summed E-state index contributed by atoms with van der Waals surface area (Å²) in [4.78, 5) is 44.3. The summed E-state index contributed by atoms with van der Waals surface area (Å²) in [6, 6.07) is -0.295. The van der Waals surface area contributed by atoms with Crippen molar-refractivity contribution in [3.05, 3.63) is 22.5 Å². The number of carbonyl (C=O) groups excluding carboxylic acids is 3. The number of aromatic nitrogens is 1. The van der Waals surface area contributed by atoms with Gasteiger partial charge >= 0.3 is 6.09 Å². The van der Waals surface area contributed by atoms with Crippen LogP contribution >= 0.6 is 0 Å². The number of hydrogen-bond donors (Lipinski definition) is 1. The maximum atomic E-state index is 13.2. The molecule has 7 nitrogen and oxygen atoms in total. The summed E-state index contributed by atoms with van der Waals surface area (Å²) in [6.07, 6.45) is 1.67. The number of ether oxygens (including phenoxy) is 1. The summed E-state index contributed by atoms with van der Waals surface area (Å²) in [5.74, 6) is 0.256. The Morgan fingerprint density at radius 1 is 1.27 bits per heavy atom. The molecule has 2 atom stereocenters. The lowest BCUT2D eigenvalue weighted by molar-refractivity contribution is 0.0230. The van der Waals surface area contributed by atoms with Gasteiger partial charge in [-0.1, -0.05) is 0 Å². The number of carbonyl (C=O) groups is 3. The number of aromatic amines is 1. The van der Waals surface area contributed by atoms with Gasteiger partial charge in [-0.05, 0) is 79.3 Å².